The maximum atomic E-state index is 11.1. The molecule has 0 atom stereocenters. The Morgan fingerprint density at radius 2 is 2.20 bits per heavy atom. The molecule has 0 aliphatic carbocycles. The van der Waals surface area contributed by atoms with Crippen molar-refractivity contribution < 1.29 is 9.53 Å². The van der Waals surface area contributed by atoms with Crippen molar-refractivity contribution in [2.24, 2.45) is 11.7 Å². The maximum Gasteiger partial charge on any atom is 0.252 e. The average Bonchev–Trinajstić information content (AvgIpc) is 2.15. The van der Waals surface area contributed by atoms with Gasteiger partial charge in [0.25, 0.3) is 5.91 Å². The summed E-state index contributed by atoms with van der Waals surface area (Å²) in [5, 5.41) is 0.473. The van der Waals surface area contributed by atoms with E-state index in [1.165, 1.54) is 6.07 Å². The van der Waals surface area contributed by atoms with Gasteiger partial charge in [-0.3, -0.25) is 4.79 Å². The highest BCUT2D eigenvalue weighted by Gasteiger charge is 2.10. The molecule has 1 amide bonds. The standard InChI is InChI=1S/C11H14ClNO2/c1-7(2)6-15-10-4-3-8(12)5-9(10)11(13)14/h3-5,7H,6H2,1-2H3,(H2,13,14). The molecule has 1 aromatic carbocycles. The van der Waals surface area contributed by atoms with Gasteiger partial charge in [0.2, 0.25) is 0 Å². The van der Waals surface area contributed by atoms with E-state index in [0.717, 1.165) is 0 Å². The van der Waals surface area contributed by atoms with Crippen LogP contribution < -0.4 is 10.5 Å². The van der Waals surface area contributed by atoms with E-state index in [0.29, 0.717) is 28.9 Å². The van der Waals surface area contributed by atoms with E-state index in [1.807, 2.05) is 13.8 Å². The summed E-state index contributed by atoms with van der Waals surface area (Å²) in [6, 6.07) is 4.84. The second kappa shape index (κ2) is 5.03. The number of hydrogen-bond donors (Lipinski definition) is 1. The molecular formula is C11H14ClNO2. The lowest BCUT2D eigenvalue weighted by Crippen LogP contribution is -2.14. The number of amides is 1. The molecule has 3 nitrogen and oxygen atoms in total. The number of primary amides is 1. The molecule has 1 aromatic rings. The van der Waals surface area contributed by atoms with Crippen LogP contribution in [0.5, 0.6) is 5.75 Å². The van der Waals surface area contributed by atoms with Gasteiger partial charge in [0.05, 0.1) is 12.2 Å². The third-order valence-electron chi connectivity index (χ3n) is 1.78. The Morgan fingerprint density at radius 1 is 1.53 bits per heavy atom. The van der Waals surface area contributed by atoms with E-state index in [4.69, 9.17) is 22.1 Å². The first-order valence-corrected chi connectivity index (χ1v) is 5.10. The van der Waals surface area contributed by atoms with Crippen molar-refractivity contribution in [2.75, 3.05) is 6.61 Å². The number of nitrogens with two attached hydrogens (primary N) is 1. The van der Waals surface area contributed by atoms with Gasteiger partial charge < -0.3 is 10.5 Å². The minimum atomic E-state index is -0.531. The summed E-state index contributed by atoms with van der Waals surface area (Å²) in [5.41, 5.74) is 5.53. The van der Waals surface area contributed by atoms with Gasteiger partial charge >= 0.3 is 0 Å². The van der Waals surface area contributed by atoms with E-state index in [1.54, 1.807) is 12.1 Å². The van der Waals surface area contributed by atoms with E-state index < -0.39 is 5.91 Å². The lowest BCUT2D eigenvalue weighted by molar-refractivity contribution is 0.0995. The Hall–Kier alpha value is -1.22. The van der Waals surface area contributed by atoms with Crippen LogP contribution in [0.4, 0.5) is 0 Å². The van der Waals surface area contributed by atoms with Crippen LogP contribution in [0, 0.1) is 5.92 Å². The molecule has 0 bridgehead atoms. The third kappa shape index (κ3) is 3.44. The van der Waals surface area contributed by atoms with Gasteiger partial charge in [-0.25, -0.2) is 0 Å². The molecule has 0 spiro atoms. The SMILES string of the molecule is CC(C)COc1ccc(Cl)cc1C(N)=O. The molecule has 0 saturated carbocycles. The Kier molecular flexibility index (Phi) is 3.97. The number of carbonyl (C=O) groups is 1. The predicted octanol–water partition coefficient (Wildman–Crippen LogP) is 2.47. The van der Waals surface area contributed by atoms with Gasteiger partial charge in [-0.2, -0.15) is 0 Å². The number of rotatable bonds is 4. The van der Waals surface area contributed by atoms with Crippen molar-refractivity contribution in [3.63, 3.8) is 0 Å². The largest absolute Gasteiger partial charge is 0.492 e. The summed E-state index contributed by atoms with van der Waals surface area (Å²) in [6.45, 7) is 4.60. The molecule has 0 aliphatic heterocycles. The normalized spacial score (nSPS) is 10.4. The average molecular weight is 228 g/mol. The molecular weight excluding hydrogens is 214 g/mol. The summed E-state index contributed by atoms with van der Waals surface area (Å²) < 4.78 is 5.46. The zero-order valence-electron chi connectivity index (χ0n) is 8.79. The number of benzene rings is 1. The van der Waals surface area contributed by atoms with Crippen LogP contribution in [-0.4, -0.2) is 12.5 Å². The fraction of sp³-hybridized carbons (Fsp3) is 0.364. The molecule has 2 N–H and O–H groups in total. The minimum absolute atomic E-state index is 0.322. The summed E-state index contributed by atoms with van der Waals surface area (Å²) in [6.07, 6.45) is 0. The molecule has 0 fully saturated rings. The third-order valence-corrected chi connectivity index (χ3v) is 2.01. The summed E-state index contributed by atoms with van der Waals surface area (Å²) >= 11 is 5.76. The highest BCUT2D eigenvalue weighted by molar-refractivity contribution is 6.31. The first-order valence-electron chi connectivity index (χ1n) is 4.73. The molecule has 15 heavy (non-hydrogen) atoms. The summed E-state index contributed by atoms with van der Waals surface area (Å²) in [4.78, 5) is 11.1. The highest BCUT2D eigenvalue weighted by Crippen LogP contribution is 2.22. The monoisotopic (exact) mass is 227 g/mol. The van der Waals surface area contributed by atoms with Crippen molar-refractivity contribution >= 4 is 17.5 Å². The van der Waals surface area contributed by atoms with Crippen LogP contribution in [-0.2, 0) is 0 Å². The summed E-state index contributed by atoms with van der Waals surface area (Å²) in [7, 11) is 0. The van der Waals surface area contributed by atoms with Crippen molar-refractivity contribution in [1.82, 2.24) is 0 Å². The lowest BCUT2D eigenvalue weighted by Gasteiger charge is -2.11. The van der Waals surface area contributed by atoms with Crippen molar-refractivity contribution in [2.45, 2.75) is 13.8 Å². The topological polar surface area (TPSA) is 52.3 Å². The fourth-order valence-electron chi connectivity index (χ4n) is 1.08. The molecule has 0 radical (unpaired) electrons. The second-order valence-corrected chi connectivity index (χ2v) is 4.15. The van der Waals surface area contributed by atoms with Crippen LogP contribution in [0.25, 0.3) is 0 Å². The molecule has 1 rings (SSSR count). The van der Waals surface area contributed by atoms with E-state index in [2.05, 4.69) is 0 Å². The van der Waals surface area contributed by atoms with Crippen molar-refractivity contribution in [1.29, 1.82) is 0 Å². The van der Waals surface area contributed by atoms with Gasteiger partial charge in [-0.15, -0.1) is 0 Å². The second-order valence-electron chi connectivity index (χ2n) is 3.71. The van der Waals surface area contributed by atoms with Crippen LogP contribution >= 0.6 is 11.6 Å². The van der Waals surface area contributed by atoms with Gasteiger partial charge in [-0.05, 0) is 24.1 Å². The van der Waals surface area contributed by atoms with Gasteiger partial charge in [0.1, 0.15) is 5.75 Å². The number of hydrogen-bond acceptors (Lipinski definition) is 2. The van der Waals surface area contributed by atoms with Gasteiger partial charge in [0, 0.05) is 5.02 Å². The Bertz CT molecular complexity index is 364. The smallest absolute Gasteiger partial charge is 0.252 e. The molecule has 0 aromatic heterocycles. The predicted molar refractivity (Wildman–Crippen MR) is 60.3 cm³/mol. The Morgan fingerprint density at radius 3 is 2.73 bits per heavy atom. The molecule has 0 heterocycles. The molecule has 0 unspecified atom stereocenters. The zero-order chi connectivity index (χ0) is 11.4. The molecule has 4 heteroatoms. The minimum Gasteiger partial charge on any atom is -0.492 e. The first kappa shape index (κ1) is 11.9. The van der Waals surface area contributed by atoms with E-state index in [9.17, 15) is 4.79 Å². The van der Waals surface area contributed by atoms with Crippen LogP contribution in [0.2, 0.25) is 5.02 Å². The van der Waals surface area contributed by atoms with Crippen LogP contribution in [0.3, 0.4) is 0 Å². The molecule has 82 valence electrons. The Labute approximate surface area is 94.2 Å². The summed E-state index contributed by atoms with van der Waals surface area (Å²) in [5.74, 6) is 0.346. The van der Waals surface area contributed by atoms with Crippen molar-refractivity contribution in [3.05, 3.63) is 28.8 Å². The van der Waals surface area contributed by atoms with E-state index in [-0.39, 0.29) is 0 Å². The zero-order valence-corrected chi connectivity index (χ0v) is 9.54. The first-order chi connectivity index (χ1) is 7.00. The number of ether oxygens (including phenoxy) is 1. The quantitative estimate of drug-likeness (QED) is 0.859. The number of halogens is 1. The lowest BCUT2D eigenvalue weighted by atomic mass is 10.2. The van der Waals surface area contributed by atoms with Crippen LogP contribution in [0.1, 0.15) is 24.2 Å². The highest BCUT2D eigenvalue weighted by atomic mass is 35.5. The van der Waals surface area contributed by atoms with Gasteiger partial charge in [0.15, 0.2) is 0 Å². The van der Waals surface area contributed by atoms with E-state index >= 15 is 0 Å². The number of carbonyl (C=O) groups excluding carboxylic acids is 1. The maximum absolute atomic E-state index is 11.1. The fourth-order valence-corrected chi connectivity index (χ4v) is 1.25. The van der Waals surface area contributed by atoms with Crippen LogP contribution in [0.15, 0.2) is 18.2 Å². The molecule has 0 aliphatic rings. The van der Waals surface area contributed by atoms with Crippen molar-refractivity contribution in [3.8, 4) is 5.75 Å². The van der Waals surface area contributed by atoms with Gasteiger partial charge in [-0.1, -0.05) is 25.4 Å². The Balaban J connectivity index is 2.91. The molecule has 0 saturated heterocycles.